The van der Waals surface area contributed by atoms with Crippen LogP contribution in [-0.2, 0) is 19.4 Å². The summed E-state index contributed by atoms with van der Waals surface area (Å²) < 4.78 is 2.27. The lowest BCUT2D eigenvalue weighted by Crippen LogP contribution is -2.24. The van der Waals surface area contributed by atoms with Gasteiger partial charge in [0.2, 0.25) is 0 Å². The summed E-state index contributed by atoms with van der Waals surface area (Å²) in [5.41, 5.74) is 5.20. The van der Waals surface area contributed by atoms with Crippen LogP contribution in [0.4, 0.5) is 0 Å². The lowest BCUT2D eigenvalue weighted by Gasteiger charge is -2.12. The number of unbranched alkanes of at least 4 members (excludes halogenated alkanes) is 1. The van der Waals surface area contributed by atoms with Gasteiger partial charge in [-0.2, -0.15) is 0 Å². The van der Waals surface area contributed by atoms with Crippen LogP contribution in [0.15, 0.2) is 18.3 Å². The van der Waals surface area contributed by atoms with E-state index in [2.05, 4.69) is 35.0 Å². The van der Waals surface area contributed by atoms with Gasteiger partial charge in [-0.05, 0) is 24.5 Å². The highest BCUT2D eigenvalue weighted by molar-refractivity contribution is 5.51. The van der Waals surface area contributed by atoms with Gasteiger partial charge in [0.05, 0.1) is 11.4 Å². The molecule has 0 radical (unpaired) electrons. The average Bonchev–Trinajstić information content (AvgIpc) is 2.75. The summed E-state index contributed by atoms with van der Waals surface area (Å²) in [6, 6.07) is 4.37. The van der Waals surface area contributed by atoms with Crippen molar-refractivity contribution in [1.82, 2.24) is 14.7 Å². The number of aromatic nitrogens is 2. The third-order valence-electron chi connectivity index (χ3n) is 3.54. The molecule has 17 heavy (non-hydrogen) atoms. The predicted octanol–water partition coefficient (Wildman–Crippen LogP) is 2.32. The molecule has 0 saturated heterocycles. The molecule has 1 N–H and O–H groups in total. The smallest absolute Gasteiger partial charge is 0.140 e. The second-order valence-corrected chi connectivity index (χ2v) is 4.76. The Bertz CT molecular complexity index is 527. The molecular weight excluding hydrogens is 210 g/mol. The molecule has 0 aromatic carbocycles. The molecule has 3 rings (SSSR count). The lowest BCUT2D eigenvalue weighted by atomic mass is 10.1. The third kappa shape index (κ3) is 1.84. The standard InChI is InChI=1S/C14H19N3/c1-2-3-5-11-6-4-9-17-13-10-15-8-7-12(13)16-14(11)17/h4,6,9,15H,2-3,5,7-8,10H2,1H3. The molecule has 1 aliphatic rings. The van der Waals surface area contributed by atoms with E-state index >= 15 is 0 Å². The monoisotopic (exact) mass is 229 g/mol. The first-order valence-corrected chi connectivity index (χ1v) is 6.58. The molecule has 0 spiro atoms. The van der Waals surface area contributed by atoms with Crippen LogP contribution < -0.4 is 5.32 Å². The molecule has 2 aromatic heterocycles. The van der Waals surface area contributed by atoms with Crippen LogP contribution in [0.1, 0.15) is 36.7 Å². The summed E-state index contributed by atoms with van der Waals surface area (Å²) in [5, 5.41) is 3.42. The van der Waals surface area contributed by atoms with Crippen molar-refractivity contribution in [1.29, 1.82) is 0 Å². The maximum Gasteiger partial charge on any atom is 0.140 e. The second-order valence-electron chi connectivity index (χ2n) is 4.76. The normalized spacial score (nSPS) is 15.1. The van der Waals surface area contributed by atoms with Crippen LogP contribution in [0, 0.1) is 0 Å². The van der Waals surface area contributed by atoms with E-state index in [0.717, 1.165) is 25.9 Å². The number of hydrogen-bond donors (Lipinski definition) is 1. The molecular formula is C14H19N3. The van der Waals surface area contributed by atoms with Crippen molar-refractivity contribution in [2.24, 2.45) is 0 Å². The Balaban J connectivity index is 2.09. The second kappa shape index (κ2) is 4.49. The average molecular weight is 229 g/mol. The van der Waals surface area contributed by atoms with Gasteiger partial charge >= 0.3 is 0 Å². The number of nitrogens with zero attached hydrogens (tertiary/aromatic N) is 2. The molecule has 0 amide bonds. The fraction of sp³-hybridized carbons (Fsp3) is 0.500. The molecule has 3 heterocycles. The summed E-state index contributed by atoms with van der Waals surface area (Å²) in [4.78, 5) is 4.83. The van der Waals surface area contributed by atoms with Gasteiger partial charge in [0, 0.05) is 25.7 Å². The topological polar surface area (TPSA) is 29.3 Å². The number of rotatable bonds is 3. The van der Waals surface area contributed by atoms with Crippen molar-refractivity contribution in [2.75, 3.05) is 6.54 Å². The zero-order valence-corrected chi connectivity index (χ0v) is 10.4. The van der Waals surface area contributed by atoms with E-state index in [1.807, 2.05) is 0 Å². The molecule has 0 saturated carbocycles. The largest absolute Gasteiger partial charge is 0.311 e. The van der Waals surface area contributed by atoms with E-state index in [1.54, 1.807) is 0 Å². The summed E-state index contributed by atoms with van der Waals surface area (Å²) in [6.07, 6.45) is 6.83. The highest BCUT2D eigenvalue weighted by Gasteiger charge is 2.16. The van der Waals surface area contributed by atoms with Gasteiger partial charge < -0.3 is 9.72 Å². The van der Waals surface area contributed by atoms with Gasteiger partial charge in [0.15, 0.2) is 0 Å². The van der Waals surface area contributed by atoms with Crippen molar-refractivity contribution in [3.05, 3.63) is 35.3 Å². The van der Waals surface area contributed by atoms with E-state index in [0.29, 0.717) is 0 Å². The molecule has 0 unspecified atom stereocenters. The van der Waals surface area contributed by atoms with E-state index < -0.39 is 0 Å². The minimum absolute atomic E-state index is 0.952. The van der Waals surface area contributed by atoms with Gasteiger partial charge in [0.25, 0.3) is 0 Å². The van der Waals surface area contributed by atoms with Gasteiger partial charge in [-0.25, -0.2) is 4.98 Å². The van der Waals surface area contributed by atoms with Crippen LogP contribution in [0.5, 0.6) is 0 Å². The summed E-state index contributed by atoms with van der Waals surface area (Å²) >= 11 is 0. The Morgan fingerprint density at radius 3 is 3.29 bits per heavy atom. The van der Waals surface area contributed by atoms with E-state index in [1.165, 1.54) is 35.4 Å². The SMILES string of the molecule is CCCCc1cccn2c3c(nc12)CCNC3. The minimum Gasteiger partial charge on any atom is -0.311 e. The van der Waals surface area contributed by atoms with E-state index in [-0.39, 0.29) is 0 Å². The highest BCUT2D eigenvalue weighted by Crippen LogP contribution is 2.20. The maximum atomic E-state index is 4.83. The van der Waals surface area contributed by atoms with Crippen LogP contribution in [0.3, 0.4) is 0 Å². The molecule has 0 atom stereocenters. The molecule has 2 aromatic rings. The van der Waals surface area contributed by atoms with Crippen LogP contribution in [0.2, 0.25) is 0 Å². The van der Waals surface area contributed by atoms with E-state index in [9.17, 15) is 0 Å². The van der Waals surface area contributed by atoms with Crippen LogP contribution >= 0.6 is 0 Å². The molecule has 0 aliphatic carbocycles. The number of aryl methyl sites for hydroxylation is 1. The third-order valence-corrected chi connectivity index (χ3v) is 3.54. The first-order chi connectivity index (χ1) is 8.40. The molecule has 0 bridgehead atoms. The molecule has 90 valence electrons. The molecule has 3 nitrogen and oxygen atoms in total. The number of nitrogens with one attached hydrogen (secondary N) is 1. The van der Waals surface area contributed by atoms with Crippen LogP contribution in [-0.4, -0.2) is 15.9 Å². The van der Waals surface area contributed by atoms with Crippen LogP contribution in [0.25, 0.3) is 5.65 Å². The maximum absolute atomic E-state index is 4.83. The van der Waals surface area contributed by atoms with Gasteiger partial charge in [0.1, 0.15) is 5.65 Å². The van der Waals surface area contributed by atoms with Crippen molar-refractivity contribution in [2.45, 2.75) is 39.2 Å². The fourth-order valence-electron chi connectivity index (χ4n) is 2.58. The van der Waals surface area contributed by atoms with Gasteiger partial charge in [-0.1, -0.05) is 19.4 Å². The zero-order valence-electron chi connectivity index (χ0n) is 10.4. The van der Waals surface area contributed by atoms with Crippen molar-refractivity contribution in [3.63, 3.8) is 0 Å². The molecule has 1 aliphatic heterocycles. The Hall–Kier alpha value is -1.35. The summed E-state index contributed by atoms with van der Waals surface area (Å²) in [6.45, 7) is 4.25. The van der Waals surface area contributed by atoms with Gasteiger partial charge in [-0.15, -0.1) is 0 Å². The fourth-order valence-corrected chi connectivity index (χ4v) is 2.58. The lowest BCUT2D eigenvalue weighted by molar-refractivity contribution is 0.621. The number of hydrogen-bond acceptors (Lipinski definition) is 2. The minimum atomic E-state index is 0.952. The Morgan fingerprint density at radius 2 is 2.41 bits per heavy atom. The Morgan fingerprint density at radius 1 is 1.47 bits per heavy atom. The van der Waals surface area contributed by atoms with Crippen molar-refractivity contribution >= 4 is 5.65 Å². The van der Waals surface area contributed by atoms with E-state index in [4.69, 9.17) is 4.98 Å². The summed E-state index contributed by atoms with van der Waals surface area (Å²) in [5.74, 6) is 0. The quantitative estimate of drug-likeness (QED) is 0.875. The first kappa shape index (κ1) is 10.8. The molecule has 3 heteroatoms. The molecule has 0 fully saturated rings. The first-order valence-electron chi connectivity index (χ1n) is 6.58. The number of pyridine rings is 1. The van der Waals surface area contributed by atoms with Crippen molar-refractivity contribution in [3.8, 4) is 0 Å². The van der Waals surface area contributed by atoms with Gasteiger partial charge in [-0.3, -0.25) is 0 Å². The Labute approximate surface area is 102 Å². The number of imidazole rings is 1. The highest BCUT2D eigenvalue weighted by atomic mass is 15.1. The predicted molar refractivity (Wildman–Crippen MR) is 69.2 cm³/mol. The van der Waals surface area contributed by atoms with Crippen molar-refractivity contribution < 1.29 is 0 Å². The zero-order chi connectivity index (χ0) is 11.7. The number of fused-ring (bicyclic) bond motifs is 3. The Kier molecular flexibility index (Phi) is 2.85. The summed E-state index contributed by atoms with van der Waals surface area (Å²) in [7, 11) is 0.